The van der Waals surface area contributed by atoms with Gasteiger partial charge in [-0.1, -0.05) is 12.1 Å². The first-order valence-electron chi connectivity index (χ1n) is 7.34. The van der Waals surface area contributed by atoms with E-state index in [4.69, 9.17) is 0 Å². The number of nitrogens with zero attached hydrogens (tertiary/aromatic N) is 3. The number of benzene rings is 1. The molecule has 3 rings (SSSR count). The average molecular weight is 284 g/mol. The lowest BCUT2D eigenvalue weighted by Gasteiger charge is -2.32. The maximum absolute atomic E-state index is 9.46. The molecule has 0 saturated carbocycles. The second-order valence-electron chi connectivity index (χ2n) is 5.36. The van der Waals surface area contributed by atoms with Gasteiger partial charge in [0.1, 0.15) is 5.75 Å². The molecule has 0 spiro atoms. The number of phenolic OH excluding ortho intramolecular Hbond substituents is 1. The topological polar surface area (TPSA) is 61.3 Å². The summed E-state index contributed by atoms with van der Waals surface area (Å²) in [5.41, 5.74) is 1.11. The first-order valence-corrected chi connectivity index (χ1v) is 7.34. The predicted molar refractivity (Wildman–Crippen MR) is 82.2 cm³/mol. The third kappa shape index (κ3) is 3.70. The molecule has 5 nitrogen and oxygen atoms in total. The van der Waals surface area contributed by atoms with Crippen molar-refractivity contribution in [3.05, 3.63) is 48.3 Å². The summed E-state index contributed by atoms with van der Waals surface area (Å²) in [5, 5.41) is 13.0. The second kappa shape index (κ2) is 6.54. The molecule has 21 heavy (non-hydrogen) atoms. The van der Waals surface area contributed by atoms with Crippen LogP contribution in [0.3, 0.4) is 0 Å². The van der Waals surface area contributed by atoms with Crippen LogP contribution in [0.15, 0.2) is 42.7 Å². The van der Waals surface area contributed by atoms with Gasteiger partial charge < -0.3 is 15.3 Å². The van der Waals surface area contributed by atoms with Gasteiger partial charge in [-0.25, -0.2) is 9.97 Å². The number of hydrogen-bond acceptors (Lipinski definition) is 5. The molecule has 1 aromatic carbocycles. The van der Waals surface area contributed by atoms with E-state index < -0.39 is 0 Å². The standard InChI is InChI=1S/C16H20N4O/c21-15-4-1-3-13(11-15)12-19-14-5-9-20(10-6-14)16-17-7-2-8-18-16/h1-4,7-8,11,14,19,21H,5-6,9-10,12H2. The minimum Gasteiger partial charge on any atom is -0.508 e. The van der Waals surface area contributed by atoms with Gasteiger partial charge in [-0.15, -0.1) is 0 Å². The molecule has 0 unspecified atom stereocenters. The van der Waals surface area contributed by atoms with E-state index in [9.17, 15) is 5.11 Å². The van der Waals surface area contributed by atoms with Crippen molar-refractivity contribution in [2.45, 2.75) is 25.4 Å². The van der Waals surface area contributed by atoms with Gasteiger partial charge in [-0.3, -0.25) is 0 Å². The van der Waals surface area contributed by atoms with Crippen LogP contribution in [-0.4, -0.2) is 34.2 Å². The Morgan fingerprint density at radius 2 is 1.90 bits per heavy atom. The van der Waals surface area contributed by atoms with Gasteiger partial charge in [0.15, 0.2) is 0 Å². The molecule has 1 aromatic heterocycles. The molecule has 2 heterocycles. The molecule has 110 valence electrons. The third-order valence-corrected chi connectivity index (χ3v) is 3.84. The molecule has 0 radical (unpaired) electrons. The van der Waals surface area contributed by atoms with Crippen molar-refractivity contribution in [2.75, 3.05) is 18.0 Å². The Bertz CT molecular complexity index is 567. The van der Waals surface area contributed by atoms with Gasteiger partial charge in [0.25, 0.3) is 0 Å². The predicted octanol–water partition coefficient (Wildman–Crippen LogP) is 1.94. The van der Waals surface area contributed by atoms with E-state index in [1.54, 1.807) is 24.5 Å². The molecule has 1 aliphatic rings. The van der Waals surface area contributed by atoms with Crippen LogP contribution in [-0.2, 0) is 6.54 Å². The molecule has 5 heteroatoms. The summed E-state index contributed by atoms with van der Waals surface area (Å²) >= 11 is 0. The number of hydrogen-bond donors (Lipinski definition) is 2. The van der Waals surface area contributed by atoms with Crippen molar-refractivity contribution in [3.8, 4) is 5.75 Å². The van der Waals surface area contributed by atoms with Gasteiger partial charge in [-0.2, -0.15) is 0 Å². The fraction of sp³-hybridized carbons (Fsp3) is 0.375. The number of nitrogens with one attached hydrogen (secondary N) is 1. The summed E-state index contributed by atoms with van der Waals surface area (Å²) in [6.45, 7) is 2.74. The van der Waals surface area contributed by atoms with E-state index in [-0.39, 0.29) is 0 Å². The minimum atomic E-state index is 0.324. The molecular weight excluding hydrogens is 264 g/mol. The summed E-state index contributed by atoms with van der Waals surface area (Å²) < 4.78 is 0. The molecule has 0 aliphatic carbocycles. The lowest BCUT2D eigenvalue weighted by Crippen LogP contribution is -2.42. The van der Waals surface area contributed by atoms with Crippen molar-refractivity contribution >= 4 is 5.95 Å². The molecular formula is C16H20N4O. The van der Waals surface area contributed by atoms with Crippen LogP contribution in [0.1, 0.15) is 18.4 Å². The van der Waals surface area contributed by atoms with Crippen molar-refractivity contribution in [3.63, 3.8) is 0 Å². The summed E-state index contributed by atoms with van der Waals surface area (Å²) in [4.78, 5) is 10.8. The highest BCUT2D eigenvalue weighted by molar-refractivity contribution is 5.29. The second-order valence-corrected chi connectivity index (χ2v) is 5.36. The normalized spacial score (nSPS) is 16.1. The van der Waals surface area contributed by atoms with Crippen LogP contribution in [0, 0.1) is 0 Å². The fourth-order valence-corrected chi connectivity index (χ4v) is 2.67. The molecule has 1 fully saturated rings. The molecule has 0 atom stereocenters. The number of aromatic nitrogens is 2. The Morgan fingerprint density at radius 3 is 2.62 bits per heavy atom. The Labute approximate surface area is 124 Å². The first-order chi connectivity index (χ1) is 10.3. The zero-order valence-corrected chi connectivity index (χ0v) is 11.9. The molecule has 0 amide bonds. The number of anilines is 1. The van der Waals surface area contributed by atoms with E-state index in [2.05, 4.69) is 20.2 Å². The number of piperidine rings is 1. The van der Waals surface area contributed by atoms with Crippen LogP contribution >= 0.6 is 0 Å². The van der Waals surface area contributed by atoms with Crippen LogP contribution in [0.2, 0.25) is 0 Å². The van der Waals surface area contributed by atoms with Crippen molar-refractivity contribution in [2.24, 2.45) is 0 Å². The zero-order chi connectivity index (χ0) is 14.5. The van der Waals surface area contributed by atoms with Crippen LogP contribution in [0.25, 0.3) is 0 Å². The minimum absolute atomic E-state index is 0.324. The van der Waals surface area contributed by atoms with Gasteiger partial charge in [0.2, 0.25) is 5.95 Å². The first kappa shape index (κ1) is 13.8. The Balaban J connectivity index is 1.48. The summed E-state index contributed by atoms with van der Waals surface area (Å²) in [7, 11) is 0. The number of aromatic hydroxyl groups is 1. The van der Waals surface area contributed by atoms with E-state index >= 15 is 0 Å². The third-order valence-electron chi connectivity index (χ3n) is 3.84. The quantitative estimate of drug-likeness (QED) is 0.898. The summed E-state index contributed by atoms with van der Waals surface area (Å²) in [5.74, 6) is 1.15. The Hall–Kier alpha value is -2.14. The monoisotopic (exact) mass is 284 g/mol. The lowest BCUT2D eigenvalue weighted by atomic mass is 10.0. The average Bonchev–Trinajstić information content (AvgIpc) is 2.54. The zero-order valence-electron chi connectivity index (χ0n) is 11.9. The van der Waals surface area contributed by atoms with E-state index in [1.807, 2.05) is 18.2 Å². The molecule has 2 aromatic rings. The van der Waals surface area contributed by atoms with Crippen molar-refractivity contribution in [1.82, 2.24) is 15.3 Å². The van der Waals surface area contributed by atoms with E-state index in [1.165, 1.54) is 0 Å². The highest BCUT2D eigenvalue weighted by atomic mass is 16.3. The summed E-state index contributed by atoms with van der Waals surface area (Å²) in [6.07, 6.45) is 5.73. The van der Waals surface area contributed by atoms with E-state index in [0.717, 1.165) is 44.0 Å². The number of rotatable bonds is 4. The highest BCUT2D eigenvalue weighted by Crippen LogP contribution is 2.16. The van der Waals surface area contributed by atoms with Crippen molar-refractivity contribution in [1.29, 1.82) is 0 Å². The summed E-state index contributed by atoms with van der Waals surface area (Å²) in [6, 6.07) is 9.75. The Morgan fingerprint density at radius 1 is 1.14 bits per heavy atom. The van der Waals surface area contributed by atoms with Gasteiger partial charge in [0.05, 0.1) is 0 Å². The lowest BCUT2D eigenvalue weighted by molar-refractivity contribution is 0.410. The SMILES string of the molecule is Oc1cccc(CNC2CCN(c3ncccn3)CC2)c1. The molecule has 1 saturated heterocycles. The molecule has 1 aliphatic heterocycles. The maximum atomic E-state index is 9.46. The van der Waals surface area contributed by atoms with Gasteiger partial charge in [0, 0.05) is 38.1 Å². The van der Waals surface area contributed by atoms with E-state index in [0.29, 0.717) is 11.8 Å². The smallest absolute Gasteiger partial charge is 0.225 e. The van der Waals surface area contributed by atoms with Crippen LogP contribution in [0.5, 0.6) is 5.75 Å². The number of phenols is 1. The van der Waals surface area contributed by atoms with Crippen molar-refractivity contribution < 1.29 is 5.11 Å². The maximum Gasteiger partial charge on any atom is 0.225 e. The van der Waals surface area contributed by atoms with Gasteiger partial charge in [-0.05, 0) is 36.6 Å². The van der Waals surface area contributed by atoms with Crippen LogP contribution < -0.4 is 10.2 Å². The highest BCUT2D eigenvalue weighted by Gasteiger charge is 2.20. The largest absolute Gasteiger partial charge is 0.508 e. The fourth-order valence-electron chi connectivity index (χ4n) is 2.67. The molecule has 2 N–H and O–H groups in total. The Kier molecular flexibility index (Phi) is 4.31. The van der Waals surface area contributed by atoms with Gasteiger partial charge >= 0.3 is 0 Å². The van der Waals surface area contributed by atoms with Crippen LogP contribution in [0.4, 0.5) is 5.95 Å². The molecule has 0 bridgehead atoms.